The first-order valence-electron chi connectivity index (χ1n) is 4.18. The van der Waals surface area contributed by atoms with Gasteiger partial charge in [0.15, 0.2) is 0 Å². The number of hydrogen-bond acceptors (Lipinski definition) is 3. The molecule has 0 aliphatic heterocycles. The molecule has 0 aliphatic rings. The fraction of sp³-hybridized carbons (Fsp3) is 0. The maximum atomic E-state index is 12.7. The Hall–Kier alpha value is -2.24. The number of nitrogens with one attached hydrogen (secondary N) is 2. The van der Waals surface area contributed by atoms with E-state index in [0.717, 1.165) is 0 Å². The van der Waals surface area contributed by atoms with Gasteiger partial charge in [-0.1, -0.05) is 6.07 Å². The summed E-state index contributed by atoms with van der Waals surface area (Å²) in [6.07, 6.45) is 2.81. The maximum Gasteiger partial charge on any atom is 0.259 e. The smallest absolute Gasteiger partial charge is 0.259 e. The van der Waals surface area contributed by atoms with Gasteiger partial charge in [-0.15, -0.1) is 0 Å². The average molecular weight is 206 g/mol. The Bertz CT molecular complexity index is 469. The number of amides is 1. The Morgan fingerprint density at radius 3 is 3.00 bits per heavy atom. The first-order valence-corrected chi connectivity index (χ1v) is 4.18. The highest BCUT2D eigenvalue weighted by atomic mass is 19.1. The van der Waals surface area contributed by atoms with E-state index >= 15 is 0 Å². The SMILES string of the molecule is O=C(Nc1cccc(F)n1)c1cn[nH]c1. The van der Waals surface area contributed by atoms with Crippen LogP contribution >= 0.6 is 0 Å². The van der Waals surface area contributed by atoms with Crippen LogP contribution in [0.3, 0.4) is 0 Å². The molecule has 2 rings (SSSR count). The van der Waals surface area contributed by atoms with E-state index in [1.165, 1.54) is 30.6 Å². The Morgan fingerprint density at radius 2 is 2.33 bits per heavy atom. The lowest BCUT2D eigenvalue weighted by atomic mass is 10.3. The van der Waals surface area contributed by atoms with Crippen LogP contribution in [0.15, 0.2) is 30.6 Å². The van der Waals surface area contributed by atoms with Gasteiger partial charge in [0, 0.05) is 6.20 Å². The Labute approximate surface area is 84.3 Å². The van der Waals surface area contributed by atoms with Gasteiger partial charge in [0.05, 0.1) is 11.8 Å². The summed E-state index contributed by atoms with van der Waals surface area (Å²) in [4.78, 5) is 14.9. The standard InChI is InChI=1S/C9H7FN4O/c10-7-2-1-3-8(13-7)14-9(15)6-4-11-12-5-6/h1-5H,(H,11,12)(H,13,14,15). The maximum absolute atomic E-state index is 12.7. The van der Waals surface area contributed by atoms with Crippen molar-refractivity contribution in [2.45, 2.75) is 0 Å². The number of hydrogen-bond donors (Lipinski definition) is 2. The Balaban J connectivity index is 2.13. The van der Waals surface area contributed by atoms with Crippen molar-refractivity contribution < 1.29 is 9.18 Å². The molecule has 76 valence electrons. The summed E-state index contributed by atoms with van der Waals surface area (Å²) in [5.74, 6) is -0.858. The molecule has 0 aliphatic carbocycles. The second-order valence-electron chi connectivity index (χ2n) is 2.79. The molecule has 2 N–H and O–H groups in total. The minimum atomic E-state index is -0.639. The van der Waals surface area contributed by atoms with Crippen molar-refractivity contribution in [3.05, 3.63) is 42.1 Å². The van der Waals surface area contributed by atoms with Crippen molar-refractivity contribution in [1.82, 2.24) is 15.2 Å². The molecule has 5 nitrogen and oxygen atoms in total. The summed E-state index contributed by atoms with van der Waals surface area (Å²) in [6, 6.07) is 4.17. The molecule has 0 spiro atoms. The van der Waals surface area contributed by atoms with Crippen molar-refractivity contribution in [2.24, 2.45) is 0 Å². The van der Waals surface area contributed by atoms with Crippen LogP contribution < -0.4 is 5.32 Å². The van der Waals surface area contributed by atoms with E-state index in [9.17, 15) is 9.18 Å². The summed E-state index contributed by atoms with van der Waals surface area (Å²) in [5, 5.41) is 8.56. The van der Waals surface area contributed by atoms with E-state index in [0.29, 0.717) is 5.56 Å². The predicted octanol–water partition coefficient (Wildman–Crippen LogP) is 1.20. The van der Waals surface area contributed by atoms with E-state index in [1.54, 1.807) is 0 Å². The van der Waals surface area contributed by atoms with Crippen LogP contribution in [-0.4, -0.2) is 21.1 Å². The molecule has 2 heterocycles. The fourth-order valence-corrected chi connectivity index (χ4v) is 1.04. The number of halogens is 1. The molecule has 6 heteroatoms. The monoisotopic (exact) mass is 206 g/mol. The van der Waals surface area contributed by atoms with Crippen LogP contribution in [-0.2, 0) is 0 Å². The van der Waals surface area contributed by atoms with E-state index in [4.69, 9.17) is 0 Å². The third-order valence-electron chi connectivity index (χ3n) is 1.72. The molecular weight excluding hydrogens is 199 g/mol. The first kappa shape index (κ1) is 9.32. The molecule has 0 radical (unpaired) electrons. The number of aromatic amines is 1. The molecule has 0 fully saturated rings. The third kappa shape index (κ3) is 2.16. The summed E-state index contributed by atoms with van der Waals surface area (Å²) in [7, 11) is 0. The van der Waals surface area contributed by atoms with Crippen molar-refractivity contribution in [3.8, 4) is 0 Å². The Morgan fingerprint density at radius 1 is 1.47 bits per heavy atom. The molecule has 0 atom stereocenters. The van der Waals surface area contributed by atoms with Crippen LogP contribution in [0.5, 0.6) is 0 Å². The van der Waals surface area contributed by atoms with Gasteiger partial charge in [-0.2, -0.15) is 9.49 Å². The molecule has 15 heavy (non-hydrogen) atoms. The molecule has 2 aromatic rings. The van der Waals surface area contributed by atoms with Gasteiger partial charge in [-0.3, -0.25) is 9.89 Å². The summed E-state index contributed by atoms with van der Waals surface area (Å²) >= 11 is 0. The number of aromatic nitrogens is 3. The van der Waals surface area contributed by atoms with E-state index in [-0.39, 0.29) is 11.7 Å². The molecule has 0 aromatic carbocycles. The number of anilines is 1. The largest absolute Gasteiger partial charge is 0.306 e. The third-order valence-corrected chi connectivity index (χ3v) is 1.72. The summed E-state index contributed by atoms with van der Waals surface area (Å²) < 4.78 is 12.7. The van der Waals surface area contributed by atoms with Crippen LogP contribution in [0.2, 0.25) is 0 Å². The molecule has 0 saturated heterocycles. The lowest BCUT2D eigenvalue weighted by Crippen LogP contribution is -2.12. The lowest BCUT2D eigenvalue weighted by molar-refractivity contribution is 0.102. The number of pyridine rings is 1. The van der Waals surface area contributed by atoms with Crippen LogP contribution in [0.1, 0.15) is 10.4 Å². The van der Waals surface area contributed by atoms with Crippen molar-refractivity contribution in [1.29, 1.82) is 0 Å². The average Bonchev–Trinajstić information content (AvgIpc) is 2.70. The molecular formula is C9H7FN4O. The zero-order chi connectivity index (χ0) is 10.7. The van der Waals surface area contributed by atoms with Gasteiger partial charge in [-0.25, -0.2) is 4.98 Å². The zero-order valence-corrected chi connectivity index (χ0v) is 7.57. The first-order chi connectivity index (χ1) is 7.25. The zero-order valence-electron chi connectivity index (χ0n) is 7.57. The lowest BCUT2D eigenvalue weighted by Gasteiger charge is -2.01. The van der Waals surface area contributed by atoms with Crippen LogP contribution in [0, 0.1) is 5.95 Å². The molecule has 0 unspecified atom stereocenters. The Kier molecular flexibility index (Phi) is 2.40. The summed E-state index contributed by atoms with van der Waals surface area (Å²) in [6.45, 7) is 0. The highest BCUT2D eigenvalue weighted by Gasteiger charge is 2.07. The van der Waals surface area contributed by atoms with Crippen LogP contribution in [0.4, 0.5) is 10.2 Å². The minimum Gasteiger partial charge on any atom is -0.306 e. The number of carbonyl (C=O) groups is 1. The summed E-state index contributed by atoms with van der Waals surface area (Å²) in [5.41, 5.74) is 0.362. The van der Waals surface area contributed by atoms with Gasteiger partial charge < -0.3 is 5.32 Å². The second-order valence-corrected chi connectivity index (χ2v) is 2.79. The van der Waals surface area contributed by atoms with Crippen LogP contribution in [0.25, 0.3) is 0 Å². The highest BCUT2D eigenvalue weighted by Crippen LogP contribution is 2.05. The van der Waals surface area contributed by atoms with Gasteiger partial charge in [0.2, 0.25) is 5.95 Å². The molecule has 2 aromatic heterocycles. The normalized spacial score (nSPS) is 9.93. The van der Waals surface area contributed by atoms with Crippen molar-refractivity contribution in [3.63, 3.8) is 0 Å². The van der Waals surface area contributed by atoms with Gasteiger partial charge in [-0.05, 0) is 12.1 Å². The number of nitrogens with zero attached hydrogens (tertiary/aromatic N) is 2. The highest BCUT2D eigenvalue weighted by molar-refractivity contribution is 6.03. The van der Waals surface area contributed by atoms with E-state index in [1.807, 2.05) is 0 Å². The fourth-order valence-electron chi connectivity index (χ4n) is 1.04. The van der Waals surface area contributed by atoms with Gasteiger partial charge in [0.1, 0.15) is 5.82 Å². The number of carbonyl (C=O) groups excluding carboxylic acids is 1. The number of rotatable bonds is 2. The number of H-pyrrole nitrogens is 1. The van der Waals surface area contributed by atoms with Gasteiger partial charge >= 0.3 is 0 Å². The quantitative estimate of drug-likeness (QED) is 0.725. The minimum absolute atomic E-state index is 0.168. The van der Waals surface area contributed by atoms with Gasteiger partial charge in [0.25, 0.3) is 5.91 Å². The second kappa shape index (κ2) is 3.87. The molecule has 0 saturated carbocycles. The van der Waals surface area contributed by atoms with Crippen molar-refractivity contribution in [2.75, 3.05) is 5.32 Å². The molecule has 0 bridgehead atoms. The molecule has 1 amide bonds. The topological polar surface area (TPSA) is 70.7 Å². The predicted molar refractivity (Wildman–Crippen MR) is 50.7 cm³/mol. The van der Waals surface area contributed by atoms with Crippen molar-refractivity contribution >= 4 is 11.7 Å². The van der Waals surface area contributed by atoms with E-state index < -0.39 is 5.95 Å². The van der Waals surface area contributed by atoms with E-state index in [2.05, 4.69) is 20.5 Å².